The van der Waals surface area contributed by atoms with Crippen molar-refractivity contribution in [3.63, 3.8) is 0 Å². The zero-order chi connectivity index (χ0) is 32.7. The number of hydrogen-bond acceptors (Lipinski definition) is 9. The maximum absolute atomic E-state index is 11.1. The molecular weight excluding hydrogens is 598 g/mol. The second-order valence-corrected chi connectivity index (χ2v) is 14.5. The SMILES string of the molecule is COc1ccc(CNc2ncnc3c2ccn3[C@@H]2C[C@H](CN(CC3CCC3)[C@H]3C[C@@H](CCC(=O)O)C3)[C@H]3OC(C)(C)O[C@H]32)c(OC)c1. The van der Waals surface area contributed by atoms with E-state index in [0.717, 1.165) is 78.6 Å². The smallest absolute Gasteiger partial charge is 0.303 e. The van der Waals surface area contributed by atoms with Gasteiger partial charge in [-0.25, -0.2) is 9.97 Å². The first kappa shape index (κ1) is 32.2. The van der Waals surface area contributed by atoms with Gasteiger partial charge in [0.15, 0.2) is 5.79 Å². The van der Waals surface area contributed by atoms with E-state index >= 15 is 0 Å². The number of aromatic nitrogens is 3. The minimum atomic E-state index is -0.688. The summed E-state index contributed by atoms with van der Waals surface area (Å²) in [5.74, 6) is 2.56. The molecule has 0 unspecified atom stereocenters. The summed E-state index contributed by atoms with van der Waals surface area (Å²) in [5, 5.41) is 13.6. The molecule has 11 nitrogen and oxygen atoms in total. The highest BCUT2D eigenvalue weighted by atomic mass is 16.8. The fourth-order valence-corrected chi connectivity index (χ4v) is 8.31. The summed E-state index contributed by atoms with van der Waals surface area (Å²) in [7, 11) is 3.31. The predicted octanol–water partition coefficient (Wildman–Crippen LogP) is 5.89. The fourth-order valence-electron chi connectivity index (χ4n) is 8.31. The Morgan fingerprint density at radius 1 is 1.06 bits per heavy atom. The highest BCUT2D eigenvalue weighted by Crippen LogP contribution is 2.49. The van der Waals surface area contributed by atoms with Crippen molar-refractivity contribution in [2.75, 3.05) is 32.6 Å². The van der Waals surface area contributed by atoms with Gasteiger partial charge in [0, 0.05) is 55.8 Å². The van der Waals surface area contributed by atoms with E-state index in [1.807, 2.05) is 32.0 Å². The molecule has 4 fully saturated rings. The Morgan fingerprint density at radius 2 is 1.87 bits per heavy atom. The van der Waals surface area contributed by atoms with E-state index in [1.165, 1.54) is 19.3 Å². The summed E-state index contributed by atoms with van der Waals surface area (Å²) in [6, 6.07) is 8.53. The van der Waals surface area contributed by atoms with E-state index in [1.54, 1.807) is 20.5 Å². The van der Waals surface area contributed by atoms with Crippen molar-refractivity contribution >= 4 is 22.8 Å². The van der Waals surface area contributed by atoms with Gasteiger partial charge >= 0.3 is 5.97 Å². The number of carboxylic acid groups (broad SMARTS) is 1. The van der Waals surface area contributed by atoms with Crippen LogP contribution in [-0.2, 0) is 20.8 Å². The topological polar surface area (TPSA) is 120 Å². The van der Waals surface area contributed by atoms with Gasteiger partial charge < -0.3 is 33.9 Å². The molecule has 3 aromatic rings. The number of hydrogen-bond donors (Lipinski definition) is 2. The van der Waals surface area contributed by atoms with E-state index in [0.29, 0.717) is 24.4 Å². The normalized spacial score (nSPS) is 28.2. The average molecular weight is 648 g/mol. The van der Waals surface area contributed by atoms with Gasteiger partial charge in [-0.15, -0.1) is 0 Å². The van der Waals surface area contributed by atoms with Gasteiger partial charge in [-0.2, -0.15) is 0 Å². The lowest BCUT2D eigenvalue weighted by Crippen LogP contribution is -2.50. The van der Waals surface area contributed by atoms with Gasteiger partial charge in [-0.05, 0) is 82.4 Å². The number of carbonyl (C=O) groups is 1. The molecule has 2 N–H and O–H groups in total. The molecule has 1 saturated heterocycles. The van der Waals surface area contributed by atoms with Crippen LogP contribution in [0.25, 0.3) is 11.0 Å². The quantitative estimate of drug-likeness (QED) is 0.219. The molecule has 7 rings (SSSR count). The number of rotatable bonds is 14. The first-order chi connectivity index (χ1) is 22.7. The molecule has 11 heteroatoms. The summed E-state index contributed by atoms with van der Waals surface area (Å²) >= 11 is 0. The van der Waals surface area contributed by atoms with Gasteiger partial charge in [0.2, 0.25) is 0 Å². The van der Waals surface area contributed by atoms with Crippen LogP contribution in [0.1, 0.15) is 76.8 Å². The van der Waals surface area contributed by atoms with Crippen LogP contribution in [0.4, 0.5) is 5.82 Å². The minimum absolute atomic E-state index is 0.00111. The van der Waals surface area contributed by atoms with Crippen molar-refractivity contribution in [3.8, 4) is 11.5 Å². The van der Waals surface area contributed by atoms with E-state index in [9.17, 15) is 9.90 Å². The summed E-state index contributed by atoms with van der Waals surface area (Å²) in [4.78, 5) is 23.2. The molecule has 0 radical (unpaired) electrons. The number of carboxylic acids is 1. The molecule has 1 aromatic carbocycles. The van der Waals surface area contributed by atoms with Crippen molar-refractivity contribution in [1.82, 2.24) is 19.4 Å². The van der Waals surface area contributed by atoms with E-state index < -0.39 is 11.8 Å². The highest BCUT2D eigenvalue weighted by Gasteiger charge is 2.55. The molecule has 3 heterocycles. The number of nitrogens with one attached hydrogen (secondary N) is 1. The maximum atomic E-state index is 11.1. The van der Waals surface area contributed by atoms with Crippen molar-refractivity contribution in [1.29, 1.82) is 0 Å². The molecule has 0 bridgehead atoms. The highest BCUT2D eigenvalue weighted by molar-refractivity contribution is 5.87. The predicted molar refractivity (Wildman–Crippen MR) is 178 cm³/mol. The molecule has 2 aromatic heterocycles. The number of methoxy groups -OCH3 is 2. The molecule has 0 spiro atoms. The Kier molecular flexibility index (Phi) is 9.06. The zero-order valence-electron chi connectivity index (χ0n) is 28.1. The second kappa shape index (κ2) is 13.2. The Bertz CT molecular complexity index is 1570. The third kappa shape index (κ3) is 6.67. The van der Waals surface area contributed by atoms with Crippen molar-refractivity contribution < 1.29 is 28.8 Å². The third-order valence-electron chi connectivity index (χ3n) is 11.0. The Morgan fingerprint density at radius 3 is 2.60 bits per heavy atom. The fraction of sp³-hybridized carbons (Fsp3) is 0.639. The molecule has 3 saturated carbocycles. The minimum Gasteiger partial charge on any atom is -0.497 e. The molecule has 0 amide bonds. The van der Waals surface area contributed by atoms with E-state index in [4.69, 9.17) is 23.9 Å². The lowest BCUT2D eigenvalue weighted by atomic mass is 9.75. The number of ether oxygens (including phenoxy) is 4. The summed E-state index contributed by atoms with van der Waals surface area (Å²) in [5.41, 5.74) is 1.89. The monoisotopic (exact) mass is 647 g/mol. The van der Waals surface area contributed by atoms with Gasteiger partial charge in [-0.1, -0.05) is 6.42 Å². The van der Waals surface area contributed by atoms with Crippen LogP contribution in [0, 0.1) is 17.8 Å². The summed E-state index contributed by atoms with van der Waals surface area (Å²) < 4.78 is 26.5. The molecule has 3 aliphatic carbocycles. The van der Waals surface area contributed by atoms with Crippen LogP contribution in [0.3, 0.4) is 0 Å². The average Bonchev–Trinajstić information content (AvgIpc) is 3.67. The van der Waals surface area contributed by atoms with Crippen molar-refractivity contribution in [3.05, 3.63) is 42.4 Å². The van der Waals surface area contributed by atoms with Gasteiger partial charge in [0.05, 0.1) is 31.8 Å². The zero-order valence-corrected chi connectivity index (χ0v) is 28.1. The summed E-state index contributed by atoms with van der Waals surface area (Å²) in [6.07, 6.45) is 11.9. The second-order valence-electron chi connectivity index (χ2n) is 14.5. The third-order valence-corrected chi connectivity index (χ3v) is 11.0. The Balaban J connectivity index is 1.09. The van der Waals surface area contributed by atoms with Gasteiger partial charge in [-0.3, -0.25) is 9.69 Å². The summed E-state index contributed by atoms with van der Waals surface area (Å²) in [6.45, 7) is 6.70. The van der Waals surface area contributed by atoms with Crippen molar-refractivity contribution in [2.45, 2.75) is 102 Å². The van der Waals surface area contributed by atoms with Crippen molar-refractivity contribution in [2.24, 2.45) is 17.8 Å². The largest absolute Gasteiger partial charge is 0.497 e. The first-order valence-electron chi connectivity index (χ1n) is 17.3. The standard InChI is InChI=1S/C36H49N5O6/c1-36(2)46-32-25(20-40(19-22-6-5-7-22)26-14-23(15-26)8-11-31(42)43)16-29(33(32)47-36)41-13-12-28-34(38-21-39-35(28)41)37-18-24-9-10-27(44-3)17-30(24)45-4/h9-10,12-13,17,21-23,25-26,29,32-33H,5-8,11,14-16,18-20H2,1-4H3,(H,42,43)(H,37,38,39)/t23-,25-,26+,29-,32-,33+/m1/s1. The number of nitrogens with zero attached hydrogens (tertiary/aromatic N) is 4. The number of fused-ring (bicyclic) bond motifs is 2. The van der Waals surface area contributed by atoms with E-state index in [2.05, 4.69) is 32.0 Å². The molecule has 47 heavy (non-hydrogen) atoms. The van der Waals surface area contributed by atoms with Crippen LogP contribution in [0.5, 0.6) is 11.5 Å². The molecular formula is C36H49N5O6. The molecule has 1 aliphatic heterocycles. The van der Waals surface area contributed by atoms with Gasteiger partial charge in [0.1, 0.15) is 35.4 Å². The lowest BCUT2D eigenvalue weighted by molar-refractivity contribution is -0.161. The van der Waals surface area contributed by atoms with Crippen LogP contribution < -0.4 is 14.8 Å². The van der Waals surface area contributed by atoms with Gasteiger partial charge in [0.25, 0.3) is 0 Å². The molecule has 4 atom stereocenters. The van der Waals surface area contributed by atoms with E-state index in [-0.39, 0.29) is 24.7 Å². The number of benzene rings is 1. The lowest BCUT2D eigenvalue weighted by Gasteiger charge is -2.46. The van der Waals surface area contributed by atoms with Crippen LogP contribution in [-0.4, -0.2) is 81.9 Å². The number of anilines is 1. The first-order valence-corrected chi connectivity index (χ1v) is 17.3. The van der Waals surface area contributed by atoms with Crippen LogP contribution in [0.2, 0.25) is 0 Å². The molecule has 254 valence electrons. The number of aliphatic carboxylic acids is 1. The van der Waals surface area contributed by atoms with Crippen LogP contribution >= 0.6 is 0 Å². The maximum Gasteiger partial charge on any atom is 0.303 e. The Hall–Kier alpha value is -3.41. The van der Waals surface area contributed by atoms with Crippen LogP contribution in [0.15, 0.2) is 36.8 Å². The molecule has 4 aliphatic rings. The Labute approximate surface area is 276 Å².